The van der Waals surface area contributed by atoms with Gasteiger partial charge in [0.1, 0.15) is 6.17 Å². The lowest BCUT2D eigenvalue weighted by atomic mass is 10.0. The van der Waals surface area contributed by atoms with Gasteiger partial charge in [0.15, 0.2) is 11.5 Å². The summed E-state index contributed by atoms with van der Waals surface area (Å²) in [6.07, 6.45) is -0.450. The van der Waals surface area contributed by atoms with Gasteiger partial charge in [0, 0.05) is 11.4 Å². The van der Waals surface area contributed by atoms with Crippen LogP contribution in [0.4, 0.5) is 11.4 Å². The molecule has 0 fully saturated rings. The summed E-state index contributed by atoms with van der Waals surface area (Å²) in [4.78, 5) is 15.1. The highest BCUT2D eigenvalue weighted by atomic mass is 35.5. The van der Waals surface area contributed by atoms with Crippen molar-refractivity contribution in [3.8, 4) is 11.5 Å². The van der Waals surface area contributed by atoms with E-state index in [1.807, 2.05) is 36.4 Å². The first-order valence-corrected chi connectivity index (χ1v) is 9.41. The van der Waals surface area contributed by atoms with E-state index >= 15 is 0 Å². The number of ether oxygens (including phenoxy) is 2. The Bertz CT molecular complexity index is 1100. The number of carbonyl (C=O) groups excluding carboxylic acids is 1. The van der Waals surface area contributed by atoms with Crippen LogP contribution in [-0.4, -0.2) is 12.7 Å². The van der Waals surface area contributed by atoms with Crippen molar-refractivity contribution in [2.24, 2.45) is 0 Å². The second-order valence-corrected chi connectivity index (χ2v) is 7.29. The van der Waals surface area contributed by atoms with Crippen molar-refractivity contribution in [3.63, 3.8) is 0 Å². The predicted octanol–water partition coefficient (Wildman–Crippen LogP) is 5.49. The molecule has 1 amide bonds. The fourth-order valence-corrected chi connectivity index (χ4v) is 3.76. The van der Waals surface area contributed by atoms with Crippen LogP contribution in [0.3, 0.4) is 0 Å². The number of carbonyl (C=O) groups is 1. The van der Waals surface area contributed by atoms with E-state index in [0.717, 1.165) is 11.3 Å². The van der Waals surface area contributed by atoms with E-state index in [1.54, 1.807) is 29.2 Å². The average Bonchev–Trinajstić information content (AvgIpc) is 3.18. The summed E-state index contributed by atoms with van der Waals surface area (Å²) in [7, 11) is 0. The molecular weight excluding hydrogens is 399 g/mol. The largest absolute Gasteiger partial charge is 0.454 e. The topological polar surface area (TPSA) is 50.8 Å². The number of hydrogen-bond donors (Lipinski definition) is 1. The van der Waals surface area contributed by atoms with Gasteiger partial charge in [0.05, 0.1) is 15.6 Å². The molecule has 0 bridgehead atoms. The molecule has 2 aliphatic heterocycles. The minimum Gasteiger partial charge on any atom is -0.454 e. The minimum atomic E-state index is -0.450. The Labute approximate surface area is 171 Å². The van der Waals surface area contributed by atoms with Gasteiger partial charge in [-0.2, -0.15) is 0 Å². The quantitative estimate of drug-likeness (QED) is 0.604. The molecule has 0 aliphatic carbocycles. The third-order valence-electron chi connectivity index (χ3n) is 4.82. The van der Waals surface area contributed by atoms with E-state index in [9.17, 15) is 4.79 Å². The van der Waals surface area contributed by atoms with Gasteiger partial charge in [-0.15, -0.1) is 0 Å². The molecule has 0 spiro atoms. The summed E-state index contributed by atoms with van der Waals surface area (Å²) < 4.78 is 10.9. The number of nitrogens with one attached hydrogen (secondary N) is 1. The molecule has 0 saturated carbocycles. The zero-order valence-electron chi connectivity index (χ0n) is 14.5. The summed E-state index contributed by atoms with van der Waals surface area (Å²) in [5, 5.41) is 4.27. The number of anilines is 2. The fraction of sp³-hybridized carbons (Fsp3) is 0.0952. The molecule has 3 aromatic carbocycles. The lowest BCUT2D eigenvalue weighted by molar-refractivity contribution is 0.0975. The zero-order chi connectivity index (χ0) is 19.3. The monoisotopic (exact) mass is 412 g/mol. The van der Waals surface area contributed by atoms with E-state index < -0.39 is 6.17 Å². The second kappa shape index (κ2) is 6.62. The number of amides is 1. The number of rotatable bonds is 2. The Morgan fingerprint density at radius 2 is 1.75 bits per heavy atom. The van der Waals surface area contributed by atoms with Gasteiger partial charge in [-0.05, 0) is 48.0 Å². The maximum atomic E-state index is 13.4. The number of benzene rings is 3. The average molecular weight is 413 g/mol. The van der Waals surface area contributed by atoms with Crippen LogP contribution < -0.4 is 19.7 Å². The van der Waals surface area contributed by atoms with Crippen molar-refractivity contribution < 1.29 is 14.3 Å². The van der Waals surface area contributed by atoms with E-state index in [2.05, 4.69) is 5.32 Å². The third kappa shape index (κ3) is 2.75. The Morgan fingerprint density at radius 1 is 0.929 bits per heavy atom. The molecule has 3 aromatic rings. The molecule has 0 radical (unpaired) electrons. The first-order valence-electron chi connectivity index (χ1n) is 8.65. The van der Waals surface area contributed by atoms with E-state index in [-0.39, 0.29) is 12.7 Å². The Balaban J connectivity index is 1.65. The molecule has 1 N–H and O–H groups in total. The maximum Gasteiger partial charge on any atom is 0.262 e. The molecule has 5 rings (SSSR count). The molecular formula is C21H14Cl2N2O3. The highest BCUT2D eigenvalue weighted by Crippen LogP contribution is 2.41. The Kier molecular flexibility index (Phi) is 4.07. The molecule has 0 saturated heterocycles. The van der Waals surface area contributed by atoms with Crippen LogP contribution in [-0.2, 0) is 0 Å². The molecule has 5 nitrogen and oxygen atoms in total. The number of nitrogens with zero attached hydrogens (tertiary/aromatic N) is 1. The lowest BCUT2D eigenvalue weighted by Gasteiger charge is -2.38. The molecule has 28 heavy (non-hydrogen) atoms. The summed E-state index contributed by atoms with van der Waals surface area (Å²) in [5.41, 5.74) is 2.86. The van der Waals surface area contributed by atoms with Crippen LogP contribution >= 0.6 is 23.2 Å². The van der Waals surface area contributed by atoms with Gasteiger partial charge in [0.2, 0.25) is 6.79 Å². The van der Waals surface area contributed by atoms with Crippen LogP contribution in [0.1, 0.15) is 22.1 Å². The van der Waals surface area contributed by atoms with E-state index in [4.69, 9.17) is 32.7 Å². The first kappa shape index (κ1) is 17.2. The van der Waals surface area contributed by atoms with Crippen molar-refractivity contribution in [3.05, 3.63) is 81.8 Å². The SMILES string of the molecule is O=C1c2ccccc2N[C@H](c2ccc3c(c2)OCO3)N1c1ccc(Cl)c(Cl)c1. The van der Waals surface area contributed by atoms with Crippen molar-refractivity contribution in [2.45, 2.75) is 6.17 Å². The number of fused-ring (bicyclic) bond motifs is 2. The molecule has 1 atom stereocenters. The Hall–Kier alpha value is -2.89. The van der Waals surface area contributed by atoms with E-state index in [1.165, 1.54) is 0 Å². The van der Waals surface area contributed by atoms with Gasteiger partial charge >= 0.3 is 0 Å². The highest BCUT2D eigenvalue weighted by molar-refractivity contribution is 6.42. The molecule has 0 aromatic heterocycles. The van der Waals surface area contributed by atoms with Crippen LogP contribution in [0.15, 0.2) is 60.7 Å². The van der Waals surface area contributed by atoms with Gasteiger partial charge in [-0.25, -0.2) is 0 Å². The third-order valence-corrected chi connectivity index (χ3v) is 5.56. The normalized spacial score (nSPS) is 17.3. The van der Waals surface area contributed by atoms with Crippen molar-refractivity contribution in [1.29, 1.82) is 0 Å². The summed E-state index contributed by atoms with van der Waals surface area (Å²) in [6.45, 7) is 0.190. The smallest absolute Gasteiger partial charge is 0.262 e. The summed E-state index contributed by atoms with van der Waals surface area (Å²) in [5.74, 6) is 1.21. The predicted molar refractivity (Wildman–Crippen MR) is 109 cm³/mol. The summed E-state index contributed by atoms with van der Waals surface area (Å²) >= 11 is 12.3. The number of halogens is 2. The lowest BCUT2D eigenvalue weighted by Crippen LogP contribution is -2.43. The van der Waals surface area contributed by atoms with Crippen LogP contribution in [0.2, 0.25) is 10.0 Å². The molecule has 2 heterocycles. The van der Waals surface area contributed by atoms with Gasteiger partial charge < -0.3 is 14.8 Å². The van der Waals surface area contributed by atoms with Gasteiger partial charge in [-0.3, -0.25) is 9.69 Å². The van der Waals surface area contributed by atoms with E-state index in [0.29, 0.717) is 32.8 Å². The number of para-hydroxylation sites is 1. The van der Waals surface area contributed by atoms with Crippen molar-refractivity contribution >= 4 is 40.5 Å². The molecule has 140 valence electrons. The first-order chi connectivity index (χ1) is 13.6. The maximum absolute atomic E-state index is 13.4. The van der Waals surface area contributed by atoms with Gasteiger partial charge in [-0.1, -0.05) is 41.4 Å². The molecule has 2 aliphatic rings. The van der Waals surface area contributed by atoms with Gasteiger partial charge in [0.25, 0.3) is 5.91 Å². The second-order valence-electron chi connectivity index (χ2n) is 6.48. The number of hydrogen-bond acceptors (Lipinski definition) is 4. The minimum absolute atomic E-state index is 0.129. The fourth-order valence-electron chi connectivity index (χ4n) is 3.47. The van der Waals surface area contributed by atoms with Crippen LogP contribution in [0, 0.1) is 0 Å². The standard InChI is InChI=1S/C21H14Cl2N2O3/c22-15-7-6-13(10-16(15)23)25-20(12-5-8-18-19(9-12)28-11-27-18)24-17-4-2-1-3-14(17)21(25)26/h1-10,20,24H,11H2/t20-/m0/s1. The summed E-state index contributed by atoms with van der Waals surface area (Å²) in [6, 6.07) is 18.2. The van der Waals surface area contributed by atoms with Crippen LogP contribution in [0.25, 0.3) is 0 Å². The Morgan fingerprint density at radius 3 is 2.61 bits per heavy atom. The zero-order valence-corrected chi connectivity index (χ0v) is 16.0. The molecule has 0 unspecified atom stereocenters. The molecule has 7 heteroatoms. The van der Waals surface area contributed by atoms with Crippen molar-refractivity contribution in [1.82, 2.24) is 0 Å². The van der Waals surface area contributed by atoms with Crippen LogP contribution in [0.5, 0.6) is 11.5 Å². The highest BCUT2D eigenvalue weighted by Gasteiger charge is 2.35. The van der Waals surface area contributed by atoms with Crippen molar-refractivity contribution in [2.75, 3.05) is 17.0 Å².